The molecular weight excluding hydrogens is 240 g/mol. The van der Waals surface area contributed by atoms with Crippen LogP contribution in [0.2, 0.25) is 0 Å². The average molecular weight is 260 g/mol. The predicted molar refractivity (Wildman–Crippen MR) is 75.1 cm³/mol. The normalized spacial score (nSPS) is 9.95. The van der Waals surface area contributed by atoms with E-state index in [-0.39, 0.29) is 18.7 Å². The second-order valence-corrected chi connectivity index (χ2v) is 4.66. The zero-order valence-electron chi connectivity index (χ0n) is 11.3. The Morgan fingerprint density at radius 3 is 2.37 bits per heavy atom. The molecule has 19 heavy (non-hydrogen) atoms. The van der Waals surface area contributed by atoms with Crippen molar-refractivity contribution in [2.45, 2.75) is 26.3 Å². The van der Waals surface area contributed by atoms with E-state index in [9.17, 15) is 9.59 Å². The molecule has 0 aliphatic rings. The smallest absolute Gasteiger partial charge is 0.223 e. The van der Waals surface area contributed by atoms with Gasteiger partial charge in [0.25, 0.3) is 0 Å². The summed E-state index contributed by atoms with van der Waals surface area (Å²) in [6.45, 7) is 6.71. The summed E-state index contributed by atoms with van der Waals surface area (Å²) < 4.78 is 0. The number of primary amides is 1. The van der Waals surface area contributed by atoms with Crippen molar-refractivity contribution in [3.8, 4) is 0 Å². The summed E-state index contributed by atoms with van der Waals surface area (Å²) in [5, 5.41) is 0. The first-order chi connectivity index (χ1) is 8.99. The Morgan fingerprint density at radius 1 is 1.21 bits per heavy atom. The SMILES string of the molecule is C=C(C)CN(Cc1ccccc1)C(=O)CCC(N)=O. The maximum absolute atomic E-state index is 12.1. The van der Waals surface area contributed by atoms with E-state index in [0.29, 0.717) is 13.1 Å². The van der Waals surface area contributed by atoms with E-state index in [2.05, 4.69) is 6.58 Å². The minimum Gasteiger partial charge on any atom is -0.370 e. The number of carbonyl (C=O) groups excluding carboxylic acids is 2. The molecule has 0 aliphatic heterocycles. The van der Waals surface area contributed by atoms with Crippen LogP contribution in [-0.2, 0) is 16.1 Å². The number of amides is 2. The molecule has 0 heterocycles. The minimum absolute atomic E-state index is 0.0781. The minimum atomic E-state index is -0.455. The van der Waals surface area contributed by atoms with Gasteiger partial charge < -0.3 is 10.6 Å². The van der Waals surface area contributed by atoms with Gasteiger partial charge in [-0.2, -0.15) is 0 Å². The van der Waals surface area contributed by atoms with E-state index in [0.717, 1.165) is 11.1 Å². The molecule has 0 fully saturated rings. The molecule has 4 nitrogen and oxygen atoms in total. The van der Waals surface area contributed by atoms with Crippen molar-refractivity contribution in [3.63, 3.8) is 0 Å². The first kappa shape index (κ1) is 15.0. The topological polar surface area (TPSA) is 63.4 Å². The molecule has 0 radical (unpaired) electrons. The Kier molecular flexibility index (Phi) is 5.79. The number of hydrogen-bond donors (Lipinski definition) is 1. The van der Waals surface area contributed by atoms with Gasteiger partial charge in [-0.05, 0) is 12.5 Å². The monoisotopic (exact) mass is 260 g/mol. The second-order valence-electron chi connectivity index (χ2n) is 4.66. The van der Waals surface area contributed by atoms with Crippen molar-refractivity contribution in [2.24, 2.45) is 5.73 Å². The van der Waals surface area contributed by atoms with Crippen LogP contribution >= 0.6 is 0 Å². The van der Waals surface area contributed by atoms with Crippen LogP contribution in [0.5, 0.6) is 0 Å². The van der Waals surface area contributed by atoms with Gasteiger partial charge in [0.05, 0.1) is 0 Å². The van der Waals surface area contributed by atoms with E-state index >= 15 is 0 Å². The molecule has 1 aromatic rings. The van der Waals surface area contributed by atoms with Crippen molar-refractivity contribution in [2.75, 3.05) is 6.54 Å². The summed E-state index contributed by atoms with van der Waals surface area (Å²) in [6, 6.07) is 9.73. The fourth-order valence-corrected chi connectivity index (χ4v) is 1.75. The molecule has 102 valence electrons. The van der Waals surface area contributed by atoms with Crippen molar-refractivity contribution in [1.82, 2.24) is 4.90 Å². The zero-order chi connectivity index (χ0) is 14.3. The van der Waals surface area contributed by atoms with Crippen LogP contribution in [0.1, 0.15) is 25.3 Å². The number of carbonyl (C=O) groups is 2. The maximum atomic E-state index is 12.1. The molecule has 1 aromatic carbocycles. The molecule has 0 atom stereocenters. The van der Waals surface area contributed by atoms with Crippen molar-refractivity contribution >= 4 is 11.8 Å². The van der Waals surface area contributed by atoms with Gasteiger partial charge in [0, 0.05) is 25.9 Å². The molecule has 0 aliphatic carbocycles. The second kappa shape index (κ2) is 7.36. The van der Waals surface area contributed by atoms with Crippen LogP contribution in [0.25, 0.3) is 0 Å². The summed E-state index contributed by atoms with van der Waals surface area (Å²) in [6.07, 6.45) is 0.232. The Bertz CT molecular complexity index is 454. The van der Waals surface area contributed by atoms with Gasteiger partial charge in [0.1, 0.15) is 0 Å². The largest absolute Gasteiger partial charge is 0.370 e. The van der Waals surface area contributed by atoms with Crippen molar-refractivity contribution in [1.29, 1.82) is 0 Å². The Morgan fingerprint density at radius 2 is 1.84 bits per heavy atom. The highest BCUT2D eigenvalue weighted by atomic mass is 16.2. The van der Waals surface area contributed by atoms with Crippen LogP contribution in [-0.4, -0.2) is 23.3 Å². The number of nitrogens with two attached hydrogens (primary N) is 1. The third-order valence-corrected chi connectivity index (χ3v) is 2.62. The maximum Gasteiger partial charge on any atom is 0.223 e. The number of nitrogens with zero attached hydrogens (tertiary/aromatic N) is 1. The lowest BCUT2D eigenvalue weighted by Gasteiger charge is -2.23. The molecule has 0 aromatic heterocycles. The van der Waals surface area contributed by atoms with Gasteiger partial charge in [-0.1, -0.05) is 42.5 Å². The summed E-state index contributed by atoms with van der Waals surface area (Å²) in [5.41, 5.74) is 7.03. The Hall–Kier alpha value is -2.10. The number of rotatable bonds is 7. The summed E-state index contributed by atoms with van der Waals surface area (Å²) >= 11 is 0. The highest BCUT2D eigenvalue weighted by Crippen LogP contribution is 2.09. The van der Waals surface area contributed by atoms with E-state index in [4.69, 9.17) is 5.73 Å². The van der Waals surface area contributed by atoms with Crippen LogP contribution in [0.15, 0.2) is 42.5 Å². The molecule has 0 unspecified atom stereocenters. The van der Waals surface area contributed by atoms with Crippen LogP contribution in [0.3, 0.4) is 0 Å². The molecule has 2 N–H and O–H groups in total. The Balaban J connectivity index is 2.68. The molecule has 0 saturated carbocycles. The standard InChI is InChI=1S/C15H20N2O2/c1-12(2)10-17(15(19)9-8-14(16)18)11-13-6-4-3-5-7-13/h3-7H,1,8-11H2,2H3,(H2,16,18). The summed E-state index contributed by atoms with van der Waals surface area (Å²) in [4.78, 5) is 24.5. The lowest BCUT2D eigenvalue weighted by atomic mass is 10.1. The highest BCUT2D eigenvalue weighted by Gasteiger charge is 2.14. The molecule has 0 bridgehead atoms. The molecule has 4 heteroatoms. The lowest BCUT2D eigenvalue weighted by molar-refractivity contribution is -0.133. The average Bonchev–Trinajstić information content (AvgIpc) is 2.36. The molecule has 2 amide bonds. The third kappa shape index (κ3) is 5.86. The van der Waals surface area contributed by atoms with Gasteiger partial charge >= 0.3 is 0 Å². The van der Waals surface area contributed by atoms with Gasteiger partial charge in [0.2, 0.25) is 11.8 Å². The first-order valence-corrected chi connectivity index (χ1v) is 6.23. The summed E-state index contributed by atoms with van der Waals surface area (Å²) in [5.74, 6) is -0.533. The van der Waals surface area contributed by atoms with Gasteiger partial charge in [-0.3, -0.25) is 9.59 Å². The lowest BCUT2D eigenvalue weighted by Crippen LogP contribution is -2.32. The molecule has 1 rings (SSSR count). The molecule has 0 spiro atoms. The predicted octanol–water partition coefficient (Wildman–Crippen LogP) is 1.86. The third-order valence-electron chi connectivity index (χ3n) is 2.62. The van der Waals surface area contributed by atoms with Gasteiger partial charge in [0.15, 0.2) is 0 Å². The van der Waals surface area contributed by atoms with Crippen molar-refractivity contribution < 1.29 is 9.59 Å². The van der Waals surface area contributed by atoms with E-state index < -0.39 is 5.91 Å². The number of hydrogen-bond acceptors (Lipinski definition) is 2. The number of benzene rings is 1. The molecular formula is C15H20N2O2. The van der Waals surface area contributed by atoms with Gasteiger partial charge in [-0.15, -0.1) is 0 Å². The fraction of sp³-hybridized carbons (Fsp3) is 0.333. The van der Waals surface area contributed by atoms with Crippen LogP contribution in [0.4, 0.5) is 0 Å². The summed E-state index contributed by atoms with van der Waals surface area (Å²) in [7, 11) is 0. The van der Waals surface area contributed by atoms with Crippen LogP contribution < -0.4 is 5.73 Å². The van der Waals surface area contributed by atoms with Crippen LogP contribution in [0, 0.1) is 0 Å². The quantitative estimate of drug-likeness (QED) is 0.760. The highest BCUT2D eigenvalue weighted by molar-refractivity contribution is 5.83. The van der Waals surface area contributed by atoms with E-state index in [1.165, 1.54) is 0 Å². The zero-order valence-corrected chi connectivity index (χ0v) is 11.3. The fourth-order valence-electron chi connectivity index (χ4n) is 1.75. The van der Waals surface area contributed by atoms with E-state index in [1.54, 1.807) is 4.90 Å². The van der Waals surface area contributed by atoms with Gasteiger partial charge in [-0.25, -0.2) is 0 Å². The molecule has 0 saturated heterocycles. The van der Waals surface area contributed by atoms with E-state index in [1.807, 2.05) is 37.3 Å². The first-order valence-electron chi connectivity index (χ1n) is 6.23. The van der Waals surface area contributed by atoms with Crippen molar-refractivity contribution in [3.05, 3.63) is 48.0 Å². The Labute approximate surface area is 113 Å².